The Kier molecular flexibility index (Phi) is 6.56. The van der Waals surface area contributed by atoms with Gasteiger partial charge in [-0.1, -0.05) is 30.3 Å². The number of rotatable bonds is 7. The van der Waals surface area contributed by atoms with Crippen LogP contribution in [0.2, 0.25) is 0 Å². The molecule has 2 aromatic rings. The highest BCUT2D eigenvalue weighted by atomic mass is 32.2. The molecule has 0 bridgehead atoms. The molecular formula is C20H26N2O3S. The number of carbonyl (C=O) groups is 1. The second kappa shape index (κ2) is 8.47. The highest BCUT2D eigenvalue weighted by Gasteiger charge is 2.21. The number of carbonyl (C=O) groups excluding carboxylic acids is 1. The van der Waals surface area contributed by atoms with Crippen LogP contribution in [0.5, 0.6) is 0 Å². The van der Waals surface area contributed by atoms with Crippen LogP contribution in [0.15, 0.2) is 59.5 Å². The SMILES string of the molecule is CC(C)(C)NS(=O)(=O)c1ccc(NC(=O)CCCc2ccccc2)cc1. The molecular weight excluding hydrogens is 348 g/mol. The zero-order valence-corrected chi connectivity index (χ0v) is 16.3. The van der Waals surface area contributed by atoms with E-state index in [1.54, 1.807) is 32.9 Å². The molecule has 0 aliphatic rings. The average Bonchev–Trinajstić information content (AvgIpc) is 2.54. The third-order valence-electron chi connectivity index (χ3n) is 3.60. The number of aryl methyl sites for hydroxylation is 1. The first-order valence-electron chi connectivity index (χ1n) is 8.63. The van der Waals surface area contributed by atoms with Crippen molar-refractivity contribution >= 4 is 21.6 Å². The molecule has 0 aliphatic carbocycles. The minimum absolute atomic E-state index is 0.0793. The number of nitrogens with one attached hydrogen (secondary N) is 2. The number of anilines is 1. The molecule has 0 saturated carbocycles. The first kappa shape index (κ1) is 20.1. The molecule has 2 rings (SSSR count). The lowest BCUT2D eigenvalue weighted by molar-refractivity contribution is -0.116. The number of sulfonamides is 1. The maximum Gasteiger partial charge on any atom is 0.241 e. The van der Waals surface area contributed by atoms with Gasteiger partial charge in [0.1, 0.15) is 0 Å². The fraction of sp³-hybridized carbons (Fsp3) is 0.350. The first-order chi connectivity index (χ1) is 12.2. The topological polar surface area (TPSA) is 75.3 Å². The summed E-state index contributed by atoms with van der Waals surface area (Å²) in [5.74, 6) is -0.0793. The van der Waals surface area contributed by atoms with Gasteiger partial charge < -0.3 is 5.32 Å². The third kappa shape index (κ3) is 6.61. The van der Waals surface area contributed by atoms with Crippen molar-refractivity contribution in [3.63, 3.8) is 0 Å². The van der Waals surface area contributed by atoms with Gasteiger partial charge in [0, 0.05) is 17.6 Å². The van der Waals surface area contributed by atoms with E-state index < -0.39 is 15.6 Å². The Labute approximate surface area is 155 Å². The summed E-state index contributed by atoms with van der Waals surface area (Å²) >= 11 is 0. The maximum absolute atomic E-state index is 12.3. The Morgan fingerprint density at radius 3 is 2.15 bits per heavy atom. The van der Waals surface area contributed by atoms with E-state index >= 15 is 0 Å². The van der Waals surface area contributed by atoms with Gasteiger partial charge in [-0.3, -0.25) is 4.79 Å². The maximum atomic E-state index is 12.3. The van der Waals surface area contributed by atoms with Gasteiger partial charge in [-0.05, 0) is 63.4 Å². The molecule has 5 nitrogen and oxygen atoms in total. The standard InChI is InChI=1S/C20H26N2O3S/c1-20(2,3)22-26(24,25)18-14-12-17(13-15-18)21-19(23)11-7-10-16-8-5-4-6-9-16/h4-6,8-9,12-15,22H,7,10-11H2,1-3H3,(H,21,23). The number of hydrogen-bond donors (Lipinski definition) is 2. The van der Waals surface area contributed by atoms with E-state index in [-0.39, 0.29) is 10.8 Å². The molecule has 0 saturated heterocycles. The second-order valence-electron chi connectivity index (χ2n) is 7.27. The van der Waals surface area contributed by atoms with E-state index in [1.165, 1.54) is 17.7 Å². The second-order valence-corrected chi connectivity index (χ2v) is 8.95. The van der Waals surface area contributed by atoms with Crippen molar-refractivity contribution in [3.05, 3.63) is 60.2 Å². The van der Waals surface area contributed by atoms with Gasteiger partial charge in [-0.2, -0.15) is 0 Å². The Hall–Kier alpha value is -2.18. The zero-order chi connectivity index (χ0) is 19.2. The molecule has 140 valence electrons. The Morgan fingerprint density at radius 1 is 0.962 bits per heavy atom. The zero-order valence-electron chi connectivity index (χ0n) is 15.5. The lowest BCUT2D eigenvalue weighted by Crippen LogP contribution is -2.40. The van der Waals surface area contributed by atoms with Crippen molar-refractivity contribution in [1.82, 2.24) is 4.72 Å². The lowest BCUT2D eigenvalue weighted by Gasteiger charge is -2.20. The van der Waals surface area contributed by atoms with Crippen LogP contribution in [0.1, 0.15) is 39.2 Å². The van der Waals surface area contributed by atoms with Gasteiger partial charge >= 0.3 is 0 Å². The van der Waals surface area contributed by atoms with Crippen LogP contribution in [0, 0.1) is 0 Å². The fourth-order valence-corrected chi connectivity index (χ4v) is 3.92. The summed E-state index contributed by atoms with van der Waals surface area (Å²) in [6.45, 7) is 5.36. The van der Waals surface area contributed by atoms with Crippen molar-refractivity contribution in [1.29, 1.82) is 0 Å². The number of hydrogen-bond acceptors (Lipinski definition) is 3. The first-order valence-corrected chi connectivity index (χ1v) is 10.1. The minimum atomic E-state index is -3.57. The van der Waals surface area contributed by atoms with Crippen LogP contribution >= 0.6 is 0 Å². The van der Waals surface area contributed by atoms with Gasteiger partial charge in [0.25, 0.3) is 0 Å². The highest BCUT2D eigenvalue weighted by Crippen LogP contribution is 2.16. The normalized spacial score (nSPS) is 12.0. The molecule has 0 spiro atoms. The summed E-state index contributed by atoms with van der Waals surface area (Å²) in [6.07, 6.45) is 2.03. The van der Waals surface area contributed by atoms with E-state index in [4.69, 9.17) is 0 Å². The van der Waals surface area contributed by atoms with Crippen LogP contribution < -0.4 is 10.0 Å². The van der Waals surface area contributed by atoms with Crippen LogP contribution in [0.4, 0.5) is 5.69 Å². The highest BCUT2D eigenvalue weighted by molar-refractivity contribution is 7.89. The Balaban J connectivity index is 1.87. The third-order valence-corrected chi connectivity index (χ3v) is 5.37. The molecule has 0 heterocycles. The van der Waals surface area contributed by atoms with Crippen LogP contribution in [0.3, 0.4) is 0 Å². The van der Waals surface area contributed by atoms with E-state index in [2.05, 4.69) is 10.0 Å². The number of amides is 1. The summed E-state index contributed by atoms with van der Waals surface area (Å²) in [7, 11) is -3.57. The van der Waals surface area contributed by atoms with Gasteiger partial charge in [-0.15, -0.1) is 0 Å². The molecule has 2 N–H and O–H groups in total. The van der Waals surface area contributed by atoms with Gasteiger partial charge in [0.2, 0.25) is 15.9 Å². The molecule has 0 radical (unpaired) electrons. The fourth-order valence-electron chi connectivity index (χ4n) is 2.50. The van der Waals surface area contributed by atoms with Crippen molar-refractivity contribution < 1.29 is 13.2 Å². The molecule has 0 fully saturated rings. The molecule has 26 heavy (non-hydrogen) atoms. The van der Waals surface area contributed by atoms with Gasteiger partial charge in [-0.25, -0.2) is 13.1 Å². The molecule has 1 amide bonds. The van der Waals surface area contributed by atoms with Crippen molar-refractivity contribution in [2.75, 3.05) is 5.32 Å². The lowest BCUT2D eigenvalue weighted by atomic mass is 10.1. The summed E-state index contributed by atoms with van der Waals surface area (Å²) in [5.41, 5.74) is 1.25. The summed E-state index contributed by atoms with van der Waals surface area (Å²) in [6, 6.07) is 16.2. The molecule has 6 heteroatoms. The van der Waals surface area contributed by atoms with Gasteiger partial charge in [0.15, 0.2) is 0 Å². The molecule has 2 aromatic carbocycles. The quantitative estimate of drug-likeness (QED) is 0.775. The minimum Gasteiger partial charge on any atom is -0.326 e. The largest absolute Gasteiger partial charge is 0.326 e. The molecule has 0 aliphatic heterocycles. The predicted molar refractivity (Wildman–Crippen MR) is 105 cm³/mol. The van der Waals surface area contributed by atoms with Gasteiger partial charge in [0.05, 0.1) is 4.90 Å². The average molecular weight is 375 g/mol. The number of benzene rings is 2. The Bertz CT molecular complexity index is 824. The smallest absolute Gasteiger partial charge is 0.241 e. The van der Waals surface area contributed by atoms with E-state index in [0.717, 1.165) is 12.8 Å². The predicted octanol–water partition coefficient (Wildman–Crippen LogP) is 3.72. The van der Waals surface area contributed by atoms with Crippen LogP contribution in [-0.4, -0.2) is 19.9 Å². The molecule has 0 unspecified atom stereocenters. The van der Waals surface area contributed by atoms with E-state index in [0.29, 0.717) is 12.1 Å². The van der Waals surface area contributed by atoms with Crippen molar-refractivity contribution in [2.45, 2.75) is 50.5 Å². The monoisotopic (exact) mass is 374 g/mol. The summed E-state index contributed by atoms with van der Waals surface area (Å²) in [4.78, 5) is 12.2. The Morgan fingerprint density at radius 2 is 1.58 bits per heavy atom. The van der Waals surface area contributed by atoms with Crippen molar-refractivity contribution in [3.8, 4) is 0 Å². The van der Waals surface area contributed by atoms with Crippen LogP contribution in [0.25, 0.3) is 0 Å². The van der Waals surface area contributed by atoms with E-state index in [9.17, 15) is 13.2 Å². The summed E-state index contributed by atoms with van der Waals surface area (Å²) in [5, 5.41) is 2.80. The van der Waals surface area contributed by atoms with Crippen molar-refractivity contribution in [2.24, 2.45) is 0 Å². The molecule has 0 atom stereocenters. The summed E-state index contributed by atoms with van der Waals surface area (Å²) < 4.78 is 27.1. The molecule has 0 aromatic heterocycles. The van der Waals surface area contributed by atoms with Crippen LogP contribution in [-0.2, 0) is 21.2 Å². The van der Waals surface area contributed by atoms with E-state index in [1.807, 2.05) is 30.3 Å².